The number of hydrogen-bond donors (Lipinski definition) is 0. The molecule has 1 heterocycles. The van der Waals surface area contributed by atoms with E-state index in [1.165, 1.54) is 32.1 Å². The molecule has 1 saturated heterocycles. The number of ketones is 1. The van der Waals surface area contributed by atoms with Crippen LogP contribution in [-0.4, -0.2) is 29.8 Å². The van der Waals surface area contributed by atoms with E-state index in [0.29, 0.717) is 17.7 Å². The molecule has 0 radical (unpaired) electrons. The minimum Gasteiger partial charge on any atom is -0.298 e. The Balaban J connectivity index is 1.83. The number of Topliss-reactive ketones (excluding diaryl/α,β-unsaturated/α-hetero) is 1. The van der Waals surface area contributed by atoms with Crippen LogP contribution in [0, 0.1) is 5.92 Å². The van der Waals surface area contributed by atoms with Crippen molar-refractivity contribution in [3.8, 4) is 0 Å². The highest BCUT2D eigenvalue weighted by atomic mass is 16.1. The molecule has 2 rings (SSSR count). The Hall–Kier alpha value is -0.370. The second kappa shape index (κ2) is 5.11. The highest BCUT2D eigenvalue weighted by Crippen LogP contribution is 2.31. The van der Waals surface area contributed by atoms with Crippen molar-refractivity contribution in [3.63, 3.8) is 0 Å². The van der Waals surface area contributed by atoms with Crippen LogP contribution in [-0.2, 0) is 4.79 Å². The van der Waals surface area contributed by atoms with Gasteiger partial charge in [-0.2, -0.15) is 0 Å². The largest absolute Gasteiger partial charge is 0.298 e. The Labute approximate surface area is 93.0 Å². The van der Waals surface area contributed by atoms with Crippen molar-refractivity contribution < 1.29 is 4.79 Å². The fraction of sp³-hybridized carbons (Fsp3) is 0.923. The normalized spacial score (nSPS) is 27.9. The van der Waals surface area contributed by atoms with Crippen LogP contribution >= 0.6 is 0 Å². The number of carbonyl (C=O) groups excluding carboxylic acids is 1. The quantitative estimate of drug-likeness (QED) is 0.693. The Kier molecular flexibility index (Phi) is 3.79. The summed E-state index contributed by atoms with van der Waals surface area (Å²) in [7, 11) is 0. The number of nitrogens with zero attached hydrogens (tertiary/aromatic N) is 1. The van der Waals surface area contributed by atoms with Crippen LogP contribution in [0.5, 0.6) is 0 Å². The second-order valence-electron chi connectivity index (χ2n) is 5.15. The summed E-state index contributed by atoms with van der Waals surface area (Å²) in [6.07, 6.45) is 8.80. The van der Waals surface area contributed by atoms with E-state index >= 15 is 0 Å². The highest BCUT2D eigenvalue weighted by molar-refractivity contribution is 5.85. The fourth-order valence-corrected chi connectivity index (χ4v) is 2.66. The SMILES string of the molecule is CCCC1CCCCN1CC(=O)C1CC1. The topological polar surface area (TPSA) is 20.3 Å². The molecule has 0 aromatic rings. The average Bonchev–Trinajstić information content (AvgIpc) is 3.04. The van der Waals surface area contributed by atoms with Crippen molar-refractivity contribution >= 4 is 5.78 Å². The Morgan fingerprint density at radius 3 is 2.73 bits per heavy atom. The van der Waals surface area contributed by atoms with E-state index in [2.05, 4.69) is 11.8 Å². The van der Waals surface area contributed by atoms with Crippen LogP contribution in [0.4, 0.5) is 0 Å². The maximum Gasteiger partial charge on any atom is 0.149 e. The van der Waals surface area contributed by atoms with Gasteiger partial charge < -0.3 is 0 Å². The van der Waals surface area contributed by atoms with E-state index in [4.69, 9.17) is 0 Å². The molecule has 1 unspecified atom stereocenters. The van der Waals surface area contributed by atoms with Crippen LogP contribution in [0.1, 0.15) is 51.9 Å². The van der Waals surface area contributed by atoms with Gasteiger partial charge in [0, 0.05) is 12.0 Å². The minimum atomic E-state index is 0.439. The van der Waals surface area contributed by atoms with Gasteiger partial charge in [0.2, 0.25) is 0 Å². The van der Waals surface area contributed by atoms with Crippen molar-refractivity contribution in [2.75, 3.05) is 13.1 Å². The molecule has 0 spiro atoms. The maximum atomic E-state index is 11.8. The van der Waals surface area contributed by atoms with Gasteiger partial charge in [0.25, 0.3) is 0 Å². The van der Waals surface area contributed by atoms with Crippen LogP contribution in [0.3, 0.4) is 0 Å². The van der Waals surface area contributed by atoms with Crippen LogP contribution in [0.15, 0.2) is 0 Å². The molecule has 86 valence electrons. The monoisotopic (exact) mass is 209 g/mol. The van der Waals surface area contributed by atoms with Gasteiger partial charge in [0.1, 0.15) is 5.78 Å². The van der Waals surface area contributed by atoms with Gasteiger partial charge in [-0.25, -0.2) is 0 Å². The summed E-state index contributed by atoms with van der Waals surface area (Å²) in [5, 5.41) is 0. The molecule has 0 N–H and O–H groups in total. The summed E-state index contributed by atoms with van der Waals surface area (Å²) < 4.78 is 0. The van der Waals surface area contributed by atoms with Gasteiger partial charge in [0.05, 0.1) is 6.54 Å². The third kappa shape index (κ3) is 3.04. The predicted octanol–water partition coefficient (Wildman–Crippen LogP) is 2.62. The standard InChI is InChI=1S/C13H23NO/c1-2-5-12-6-3-4-9-14(12)10-13(15)11-7-8-11/h11-12H,2-10H2,1H3. The van der Waals surface area contributed by atoms with Crippen LogP contribution in [0.2, 0.25) is 0 Å². The summed E-state index contributed by atoms with van der Waals surface area (Å²) in [5.41, 5.74) is 0. The number of likely N-dealkylation sites (tertiary alicyclic amines) is 1. The Bertz CT molecular complexity index is 221. The first kappa shape index (κ1) is 11.1. The number of piperidine rings is 1. The van der Waals surface area contributed by atoms with Crippen LogP contribution < -0.4 is 0 Å². The van der Waals surface area contributed by atoms with E-state index < -0.39 is 0 Å². The van der Waals surface area contributed by atoms with E-state index in [-0.39, 0.29) is 0 Å². The van der Waals surface area contributed by atoms with Gasteiger partial charge >= 0.3 is 0 Å². The summed E-state index contributed by atoms with van der Waals surface area (Å²) in [6.45, 7) is 4.15. The number of carbonyl (C=O) groups is 1. The summed E-state index contributed by atoms with van der Waals surface area (Å²) in [5.74, 6) is 0.951. The van der Waals surface area contributed by atoms with E-state index in [9.17, 15) is 4.79 Å². The molecule has 0 aromatic heterocycles. The summed E-state index contributed by atoms with van der Waals surface area (Å²) in [6, 6.07) is 0.700. The average molecular weight is 209 g/mol. The van der Waals surface area contributed by atoms with E-state index in [1.54, 1.807) is 0 Å². The molecule has 1 saturated carbocycles. The number of rotatable bonds is 5. The Morgan fingerprint density at radius 2 is 2.07 bits per heavy atom. The zero-order chi connectivity index (χ0) is 10.7. The molecule has 2 heteroatoms. The van der Waals surface area contributed by atoms with Crippen molar-refractivity contribution in [3.05, 3.63) is 0 Å². The maximum absolute atomic E-state index is 11.8. The molecule has 0 aromatic carbocycles. The van der Waals surface area contributed by atoms with Crippen molar-refractivity contribution in [1.29, 1.82) is 0 Å². The first-order valence-electron chi connectivity index (χ1n) is 6.58. The third-order valence-corrected chi connectivity index (χ3v) is 3.76. The number of hydrogen-bond acceptors (Lipinski definition) is 2. The van der Waals surface area contributed by atoms with Gasteiger partial charge in [-0.1, -0.05) is 19.8 Å². The molecule has 2 fully saturated rings. The molecule has 1 atom stereocenters. The van der Waals surface area contributed by atoms with Crippen molar-refractivity contribution in [1.82, 2.24) is 4.90 Å². The van der Waals surface area contributed by atoms with E-state index in [1.807, 2.05) is 0 Å². The molecule has 2 aliphatic rings. The lowest BCUT2D eigenvalue weighted by Gasteiger charge is -2.35. The molecule has 1 aliphatic heterocycles. The van der Waals surface area contributed by atoms with Gasteiger partial charge in [0.15, 0.2) is 0 Å². The first-order valence-corrected chi connectivity index (χ1v) is 6.58. The predicted molar refractivity (Wildman–Crippen MR) is 61.9 cm³/mol. The zero-order valence-electron chi connectivity index (χ0n) is 9.87. The highest BCUT2D eigenvalue weighted by Gasteiger charge is 2.32. The first-order chi connectivity index (χ1) is 7.31. The molecule has 0 bridgehead atoms. The molecule has 15 heavy (non-hydrogen) atoms. The van der Waals surface area contributed by atoms with Gasteiger partial charge in [-0.3, -0.25) is 9.69 Å². The summed E-state index contributed by atoms with van der Waals surface area (Å²) >= 11 is 0. The summed E-state index contributed by atoms with van der Waals surface area (Å²) in [4.78, 5) is 14.2. The van der Waals surface area contributed by atoms with Crippen molar-refractivity contribution in [2.24, 2.45) is 5.92 Å². The molecule has 0 amide bonds. The molecule has 1 aliphatic carbocycles. The van der Waals surface area contributed by atoms with Gasteiger partial charge in [-0.05, 0) is 38.6 Å². The smallest absolute Gasteiger partial charge is 0.149 e. The lowest BCUT2D eigenvalue weighted by molar-refractivity contribution is -0.122. The van der Waals surface area contributed by atoms with Crippen LogP contribution in [0.25, 0.3) is 0 Å². The Morgan fingerprint density at radius 1 is 1.27 bits per heavy atom. The molecular formula is C13H23NO. The second-order valence-corrected chi connectivity index (χ2v) is 5.15. The van der Waals surface area contributed by atoms with E-state index in [0.717, 1.165) is 25.9 Å². The zero-order valence-corrected chi connectivity index (χ0v) is 9.87. The fourth-order valence-electron chi connectivity index (χ4n) is 2.66. The molecular weight excluding hydrogens is 186 g/mol. The van der Waals surface area contributed by atoms with Gasteiger partial charge in [-0.15, -0.1) is 0 Å². The lowest BCUT2D eigenvalue weighted by Crippen LogP contribution is -2.42. The lowest BCUT2D eigenvalue weighted by atomic mass is 9.97. The minimum absolute atomic E-state index is 0.439. The third-order valence-electron chi connectivity index (χ3n) is 3.76. The van der Waals surface area contributed by atoms with Crippen molar-refractivity contribution in [2.45, 2.75) is 57.9 Å². The molecule has 2 nitrogen and oxygen atoms in total.